The van der Waals surface area contributed by atoms with Crippen LogP contribution in [0.4, 0.5) is 0 Å². The molecule has 0 N–H and O–H groups in total. The van der Waals surface area contributed by atoms with Gasteiger partial charge in [0.2, 0.25) is 0 Å². The molecule has 0 spiro atoms. The average molecular weight is 891 g/mol. The van der Waals surface area contributed by atoms with E-state index in [4.69, 9.17) is 4.99 Å². The summed E-state index contributed by atoms with van der Waals surface area (Å²) in [7, 11) is 0. The zero-order chi connectivity index (χ0) is 46.1. The molecule has 0 amide bonds. The molecule has 0 fully saturated rings. The highest BCUT2D eigenvalue weighted by atomic mass is 15.1. The molecule has 5 unspecified atom stereocenters. The van der Waals surface area contributed by atoms with Gasteiger partial charge in [0.15, 0.2) is 0 Å². The second-order valence-electron chi connectivity index (χ2n) is 19.6. The molecule has 12 rings (SSSR count). The van der Waals surface area contributed by atoms with Gasteiger partial charge in [0, 0.05) is 23.1 Å². The lowest BCUT2D eigenvalue weighted by atomic mass is 9.73. The van der Waals surface area contributed by atoms with Crippen LogP contribution >= 0.6 is 0 Å². The maximum atomic E-state index is 5.90. The van der Waals surface area contributed by atoms with Gasteiger partial charge in [-0.2, -0.15) is 0 Å². The fourth-order valence-electron chi connectivity index (χ4n) is 12.1. The average Bonchev–Trinajstić information content (AvgIpc) is 3.66. The third-order valence-electron chi connectivity index (χ3n) is 15.7. The maximum Gasteiger partial charge on any atom is 0.114 e. The van der Waals surface area contributed by atoms with Crippen LogP contribution < -0.4 is 0 Å². The summed E-state index contributed by atoms with van der Waals surface area (Å²) in [5.74, 6) is 3.04. The topological polar surface area (TPSA) is 17.3 Å². The number of aliphatic imine (C=N–C) groups is 1. The summed E-state index contributed by atoms with van der Waals surface area (Å²) in [6.07, 6.45) is 18.0. The van der Waals surface area contributed by atoms with Crippen molar-refractivity contribution < 1.29 is 0 Å². The van der Waals surface area contributed by atoms with Gasteiger partial charge >= 0.3 is 0 Å². The minimum atomic E-state index is 0.279. The molecule has 69 heavy (non-hydrogen) atoms. The van der Waals surface area contributed by atoms with Crippen LogP contribution in [0.25, 0.3) is 60.9 Å². The number of benzene rings is 8. The number of para-hydroxylation sites is 1. The number of allylic oxidation sites excluding steroid dienone is 5. The molecule has 5 atom stereocenters. The SMILES string of the molecule is CC1CC/C(n2c3ccccc3c3ccc4c(c32)CCC(c2ccc(-c3ccccc3)cc2)C2C=CC=CC42)=N\C(c2ccc(-c3ccccc3)cc2)=C/CCC1c1ccc(-c2ccccc2)cc1. The molecule has 2 heterocycles. The summed E-state index contributed by atoms with van der Waals surface area (Å²) in [5.41, 5.74) is 18.1. The van der Waals surface area contributed by atoms with E-state index in [1.807, 2.05) is 0 Å². The number of aryl methyl sites for hydroxylation is 1. The Morgan fingerprint density at radius 3 is 1.62 bits per heavy atom. The molecule has 2 nitrogen and oxygen atoms in total. The molecular weight excluding hydrogens is 833 g/mol. The fraction of sp³-hybridized carbons (Fsp3) is 0.179. The third-order valence-corrected chi connectivity index (χ3v) is 15.7. The Labute approximate surface area is 407 Å². The van der Waals surface area contributed by atoms with Crippen LogP contribution in [0.5, 0.6) is 0 Å². The van der Waals surface area contributed by atoms with Crippen LogP contribution in [0, 0.1) is 11.8 Å². The minimum absolute atomic E-state index is 0.279. The second kappa shape index (κ2) is 18.9. The third kappa shape index (κ3) is 8.33. The van der Waals surface area contributed by atoms with Crippen LogP contribution in [-0.4, -0.2) is 10.4 Å². The highest BCUT2D eigenvalue weighted by Crippen LogP contribution is 2.49. The monoisotopic (exact) mass is 890 g/mol. The molecule has 8 aromatic carbocycles. The summed E-state index contributed by atoms with van der Waals surface area (Å²) in [6, 6.07) is 74.3. The summed E-state index contributed by atoms with van der Waals surface area (Å²) in [5, 5.41) is 2.62. The Hall–Kier alpha value is -7.55. The first kappa shape index (κ1) is 42.8. The lowest BCUT2D eigenvalue weighted by Gasteiger charge is -2.30. The van der Waals surface area contributed by atoms with Crippen molar-refractivity contribution in [2.24, 2.45) is 16.8 Å². The largest absolute Gasteiger partial charge is 0.297 e. The van der Waals surface area contributed by atoms with Gasteiger partial charge in [0.25, 0.3) is 0 Å². The van der Waals surface area contributed by atoms with Crippen LogP contribution in [0.3, 0.4) is 0 Å². The van der Waals surface area contributed by atoms with E-state index in [1.54, 1.807) is 0 Å². The van der Waals surface area contributed by atoms with E-state index >= 15 is 0 Å². The fourth-order valence-corrected chi connectivity index (χ4v) is 12.1. The highest BCUT2D eigenvalue weighted by Gasteiger charge is 2.35. The van der Waals surface area contributed by atoms with E-state index < -0.39 is 0 Å². The molecular formula is C67H58N2. The standard InChI is InChI=1S/C67H58N2/c1-46-28-45-66(68-64(55-39-33-52(34-40-55)49-20-9-4-10-21-49)26-15-25-56(46)53-35-29-50(30-36-53)47-16-5-2-6-17-47)69-65-27-14-13-24-61(65)63-44-42-60-59-23-12-11-22-58(59)57(41-43-62(60)67(63)69)54-37-31-51(32-38-54)48-18-7-3-8-19-48/h2-14,16-24,26-27,29-40,42,44,46,56-59H,15,25,28,41,43,45H2,1H3/b64-26-,68-66+. The lowest BCUT2D eigenvalue weighted by molar-refractivity contribution is 0.414. The van der Waals surface area contributed by atoms with Gasteiger partial charge in [-0.3, -0.25) is 4.57 Å². The number of aromatic nitrogens is 1. The van der Waals surface area contributed by atoms with Crippen LogP contribution in [0.1, 0.15) is 84.6 Å². The van der Waals surface area contributed by atoms with E-state index in [9.17, 15) is 0 Å². The quantitative estimate of drug-likeness (QED) is 0.158. The number of fused-ring (bicyclic) bond motifs is 7. The first-order valence-electron chi connectivity index (χ1n) is 25.3. The Morgan fingerprint density at radius 2 is 0.986 bits per heavy atom. The zero-order valence-corrected chi connectivity index (χ0v) is 39.5. The molecule has 1 aliphatic heterocycles. The van der Waals surface area contributed by atoms with Crippen LogP contribution in [-0.2, 0) is 6.42 Å². The van der Waals surface area contributed by atoms with Gasteiger partial charge < -0.3 is 0 Å². The van der Waals surface area contributed by atoms with E-state index in [-0.39, 0.29) is 5.92 Å². The van der Waals surface area contributed by atoms with Crippen molar-refractivity contribution in [1.29, 1.82) is 0 Å². The molecule has 0 saturated carbocycles. The van der Waals surface area contributed by atoms with E-state index in [0.717, 1.165) is 55.6 Å². The van der Waals surface area contributed by atoms with Crippen molar-refractivity contribution >= 4 is 33.3 Å². The minimum Gasteiger partial charge on any atom is -0.297 e. The Bertz CT molecular complexity index is 3370. The van der Waals surface area contributed by atoms with Gasteiger partial charge in [-0.1, -0.05) is 231 Å². The number of nitrogens with zero attached hydrogens (tertiary/aromatic N) is 2. The number of hydrogen-bond donors (Lipinski definition) is 0. The summed E-state index contributed by atoms with van der Waals surface area (Å²) in [6.45, 7) is 2.48. The molecule has 2 aliphatic carbocycles. The predicted octanol–water partition coefficient (Wildman–Crippen LogP) is 17.6. The lowest BCUT2D eigenvalue weighted by Crippen LogP contribution is -2.19. The first-order valence-corrected chi connectivity index (χ1v) is 25.3. The molecule has 0 bridgehead atoms. The normalized spacial score (nSPS) is 21.9. The molecule has 0 saturated heterocycles. The second-order valence-corrected chi connectivity index (χ2v) is 19.6. The molecule has 0 radical (unpaired) electrons. The molecule has 3 aliphatic rings. The number of hydrogen-bond acceptors (Lipinski definition) is 1. The van der Waals surface area contributed by atoms with Crippen molar-refractivity contribution in [3.8, 4) is 33.4 Å². The van der Waals surface area contributed by atoms with E-state index in [2.05, 4.69) is 242 Å². The van der Waals surface area contributed by atoms with Crippen molar-refractivity contribution in [2.45, 2.75) is 63.2 Å². The van der Waals surface area contributed by atoms with Gasteiger partial charge in [-0.25, -0.2) is 4.99 Å². The van der Waals surface area contributed by atoms with E-state index in [0.29, 0.717) is 23.7 Å². The molecule has 2 heteroatoms. The highest BCUT2D eigenvalue weighted by molar-refractivity contribution is 6.16. The first-order chi connectivity index (χ1) is 34.1. The smallest absolute Gasteiger partial charge is 0.114 e. The molecule has 9 aromatic rings. The van der Waals surface area contributed by atoms with Crippen LogP contribution in [0.15, 0.2) is 236 Å². The molecule has 336 valence electrons. The van der Waals surface area contributed by atoms with Crippen molar-refractivity contribution in [3.05, 3.63) is 258 Å². The summed E-state index contributed by atoms with van der Waals surface area (Å²) in [4.78, 5) is 5.90. The zero-order valence-electron chi connectivity index (χ0n) is 39.5. The maximum absolute atomic E-state index is 5.90. The summed E-state index contributed by atoms with van der Waals surface area (Å²) >= 11 is 0. The van der Waals surface area contributed by atoms with Crippen molar-refractivity contribution in [2.75, 3.05) is 0 Å². The Morgan fingerprint density at radius 1 is 0.449 bits per heavy atom. The Balaban J connectivity index is 0.975. The number of rotatable bonds is 6. The van der Waals surface area contributed by atoms with Gasteiger partial charge in [0.1, 0.15) is 5.84 Å². The Kier molecular flexibility index (Phi) is 11.7. The summed E-state index contributed by atoms with van der Waals surface area (Å²) < 4.78 is 2.61. The van der Waals surface area contributed by atoms with Crippen molar-refractivity contribution in [3.63, 3.8) is 0 Å². The van der Waals surface area contributed by atoms with Gasteiger partial charge in [-0.05, 0) is 123 Å². The predicted molar refractivity (Wildman–Crippen MR) is 292 cm³/mol. The van der Waals surface area contributed by atoms with Crippen molar-refractivity contribution in [1.82, 2.24) is 4.57 Å². The van der Waals surface area contributed by atoms with Crippen LogP contribution in [0.2, 0.25) is 0 Å². The molecule has 1 aromatic heterocycles. The van der Waals surface area contributed by atoms with Gasteiger partial charge in [0.05, 0.1) is 16.7 Å². The van der Waals surface area contributed by atoms with E-state index in [1.165, 1.54) is 77.4 Å². The van der Waals surface area contributed by atoms with Gasteiger partial charge in [-0.15, -0.1) is 0 Å².